The maximum atomic E-state index is 10.7. The molecule has 0 spiro atoms. The lowest BCUT2D eigenvalue weighted by Crippen LogP contribution is -2.12. The Morgan fingerprint density at radius 3 is 2.70 bits per heavy atom. The molecular weight excluding hydrogens is 294 g/mol. The van der Waals surface area contributed by atoms with Gasteiger partial charge in [0.1, 0.15) is 6.61 Å². The molecule has 0 saturated carbocycles. The first kappa shape index (κ1) is 19.8. The fourth-order valence-electron chi connectivity index (χ4n) is 2.19. The lowest BCUT2D eigenvalue weighted by atomic mass is 10.0. The molecule has 0 aliphatic heterocycles. The van der Waals surface area contributed by atoms with Crippen molar-refractivity contribution in [2.75, 3.05) is 26.4 Å². The molecule has 6 heteroatoms. The summed E-state index contributed by atoms with van der Waals surface area (Å²) in [5, 5.41) is 8.30. The van der Waals surface area contributed by atoms with Gasteiger partial charge in [-0.05, 0) is 25.7 Å². The Morgan fingerprint density at radius 2 is 1.96 bits per heavy atom. The quantitative estimate of drug-likeness (QED) is 0.492. The number of hydrogen-bond donors (Lipinski definition) is 0. The van der Waals surface area contributed by atoms with E-state index in [1.165, 1.54) is 32.6 Å². The molecule has 0 unspecified atom stereocenters. The summed E-state index contributed by atoms with van der Waals surface area (Å²) in [6.07, 6.45) is 8.03. The van der Waals surface area contributed by atoms with E-state index in [2.05, 4.69) is 24.2 Å². The van der Waals surface area contributed by atoms with Gasteiger partial charge in [-0.1, -0.05) is 38.3 Å². The Labute approximate surface area is 139 Å². The van der Waals surface area contributed by atoms with E-state index < -0.39 is 0 Å². The monoisotopic (exact) mass is 325 g/mol. The average Bonchev–Trinajstić information content (AvgIpc) is 2.93. The van der Waals surface area contributed by atoms with Crippen LogP contribution in [-0.2, 0) is 27.2 Å². The van der Waals surface area contributed by atoms with Gasteiger partial charge in [0.25, 0.3) is 0 Å². The Hall–Kier alpha value is -1.27. The van der Waals surface area contributed by atoms with E-state index in [4.69, 9.17) is 9.47 Å². The van der Waals surface area contributed by atoms with Crippen LogP contribution in [0.2, 0.25) is 0 Å². The van der Waals surface area contributed by atoms with E-state index in [1.54, 1.807) is 0 Å². The smallest absolute Gasteiger partial charge is 0.155 e. The zero-order chi connectivity index (χ0) is 16.9. The molecule has 0 bridgehead atoms. The Bertz CT molecular complexity index is 432. The number of unbranched alkanes of at least 4 members (excludes halogenated alkanes) is 2. The molecule has 1 aromatic rings. The molecule has 1 rings (SSSR count). The third-order valence-electron chi connectivity index (χ3n) is 3.44. The summed E-state index contributed by atoms with van der Waals surface area (Å²) in [5.74, 6) is 0.827. The fraction of sp³-hybridized carbons (Fsp3) is 0.824. The number of ether oxygens (including phenoxy) is 2. The minimum Gasteiger partial charge on any atom is -0.377 e. The van der Waals surface area contributed by atoms with Crippen LogP contribution in [0.1, 0.15) is 52.1 Å². The summed E-state index contributed by atoms with van der Waals surface area (Å²) >= 11 is 0. The number of nitrogens with zero attached hydrogens (tertiary/aromatic N) is 3. The highest BCUT2D eigenvalue weighted by atomic mass is 16.5. The van der Waals surface area contributed by atoms with E-state index in [1.807, 2.05) is 10.9 Å². The first-order valence-corrected chi connectivity index (χ1v) is 8.62. The largest absolute Gasteiger partial charge is 0.377 e. The number of ketones is 1. The van der Waals surface area contributed by atoms with Gasteiger partial charge in [-0.25, -0.2) is 4.68 Å². The number of rotatable bonds is 14. The highest BCUT2D eigenvalue weighted by Crippen LogP contribution is 2.10. The first-order chi connectivity index (χ1) is 11.1. The fourth-order valence-corrected chi connectivity index (χ4v) is 2.19. The zero-order valence-corrected chi connectivity index (χ0v) is 14.8. The molecule has 132 valence electrons. The maximum Gasteiger partial charge on any atom is 0.155 e. The van der Waals surface area contributed by atoms with Gasteiger partial charge in [-0.3, -0.25) is 4.79 Å². The number of aromatic nitrogens is 3. The predicted octanol–water partition coefficient (Wildman–Crippen LogP) is 2.66. The van der Waals surface area contributed by atoms with E-state index in [0.717, 1.165) is 18.0 Å². The Morgan fingerprint density at radius 1 is 1.17 bits per heavy atom. The average molecular weight is 325 g/mol. The zero-order valence-electron chi connectivity index (χ0n) is 14.8. The molecule has 0 amide bonds. The van der Waals surface area contributed by atoms with Gasteiger partial charge >= 0.3 is 0 Å². The van der Waals surface area contributed by atoms with Crippen molar-refractivity contribution in [3.05, 3.63) is 11.9 Å². The molecule has 0 radical (unpaired) electrons. The Balaban J connectivity index is 2.02. The third-order valence-corrected chi connectivity index (χ3v) is 3.44. The van der Waals surface area contributed by atoms with Crippen LogP contribution in [0.4, 0.5) is 0 Å². The van der Waals surface area contributed by atoms with Crippen LogP contribution in [0.15, 0.2) is 6.20 Å². The van der Waals surface area contributed by atoms with Crippen molar-refractivity contribution in [3.8, 4) is 0 Å². The van der Waals surface area contributed by atoms with E-state index >= 15 is 0 Å². The van der Waals surface area contributed by atoms with Gasteiger partial charge in [0.05, 0.1) is 32.1 Å². The van der Waals surface area contributed by atoms with Crippen molar-refractivity contribution in [2.45, 2.75) is 59.4 Å². The summed E-state index contributed by atoms with van der Waals surface area (Å²) in [6, 6.07) is 0. The third kappa shape index (κ3) is 11.0. The second-order valence-corrected chi connectivity index (χ2v) is 6.33. The van der Waals surface area contributed by atoms with E-state index in [9.17, 15) is 4.79 Å². The second-order valence-electron chi connectivity index (χ2n) is 6.33. The molecule has 0 aliphatic carbocycles. The minimum absolute atomic E-state index is 0.0318. The van der Waals surface area contributed by atoms with E-state index in [-0.39, 0.29) is 12.4 Å². The minimum atomic E-state index is 0.0318. The lowest BCUT2D eigenvalue weighted by Gasteiger charge is -2.04. The molecule has 6 nitrogen and oxygen atoms in total. The molecule has 0 aromatic carbocycles. The van der Waals surface area contributed by atoms with Crippen molar-refractivity contribution >= 4 is 5.78 Å². The molecule has 0 aliphatic rings. The summed E-state index contributed by atoms with van der Waals surface area (Å²) in [7, 11) is 0. The van der Waals surface area contributed by atoms with Crippen molar-refractivity contribution in [2.24, 2.45) is 5.92 Å². The van der Waals surface area contributed by atoms with Crippen molar-refractivity contribution in [3.63, 3.8) is 0 Å². The summed E-state index contributed by atoms with van der Waals surface area (Å²) in [5.41, 5.74) is 1.05. The van der Waals surface area contributed by atoms with Crippen LogP contribution < -0.4 is 0 Å². The van der Waals surface area contributed by atoms with Crippen LogP contribution >= 0.6 is 0 Å². The van der Waals surface area contributed by atoms with Gasteiger partial charge in [-0.15, -0.1) is 5.10 Å². The standard InChI is InChI=1S/C17H31N3O3/c1-15(2)7-5-4-6-8-17-13-20(19-18-17)9-10-22-11-12-23-14-16(3)21/h13,15H,4-12,14H2,1-3H3. The normalized spacial score (nSPS) is 11.3. The lowest BCUT2D eigenvalue weighted by molar-refractivity contribution is -0.121. The number of carbonyl (C=O) groups excluding carboxylic acids is 1. The van der Waals surface area contributed by atoms with E-state index in [0.29, 0.717) is 26.4 Å². The summed E-state index contributed by atoms with van der Waals surface area (Å²) < 4.78 is 12.4. The highest BCUT2D eigenvalue weighted by molar-refractivity contribution is 5.76. The van der Waals surface area contributed by atoms with Crippen LogP contribution in [0.25, 0.3) is 0 Å². The predicted molar refractivity (Wildman–Crippen MR) is 89.4 cm³/mol. The number of carbonyl (C=O) groups is 1. The van der Waals surface area contributed by atoms with Crippen LogP contribution in [0.5, 0.6) is 0 Å². The maximum absolute atomic E-state index is 10.7. The molecule has 1 heterocycles. The topological polar surface area (TPSA) is 66.2 Å². The molecule has 0 N–H and O–H groups in total. The first-order valence-electron chi connectivity index (χ1n) is 8.62. The van der Waals surface area contributed by atoms with Gasteiger partial charge in [-0.2, -0.15) is 0 Å². The molecule has 0 atom stereocenters. The van der Waals surface area contributed by atoms with Gasteiger partial charge in [0.15, 0.2) is 5.78 Å². The van der Waals surface area contributed by atoms with Gasteiger partial charge in [0.2, 0.25) is 0 Å². The summed E-state index contributed by atoms with van der Waals surface area (Å²) in [4.78, 5) is 10.7. The highest BCUT2D eigenvalue weighted by Gasteiger charge is 2.02. The number of aryl methyl sites for hydroxylation is 1. The molecule has 1 aromatic heterocycles. The van der Waals surface area contributed by atoms with Crippen LogP contribution in [0.3, 0.4) is 0 Å². The number of hydrogen-bond acceptors (Lipinski definition) is 5. The SMILES string of the molecule is CC(=O)COCCOCCn1cc(CCCCCC(C)C)nn1. The van der Waals surface area contributed by atoms with Crippen LogP contribution in [-0.4, -0.2) is 47.2 Å². The van der Waals surface area contributed by atoms with Crippen molar-refractivity contribution in [1.82, 2.24) is 15.0 Å². The van der Waals surface area contributed by atoms with Crippen molar-refractivity contribution in [1.29, 1.82) is 0 Å². The number of Topliss-reactive ketones (excluding diaryl/α,β-unsaturated/α-hetero) is 1. The van der Waals surface area contributed by atoms with Gasteiger partial charge in [0, 0.05) is 6.20 Å². The van der Waals surface area contributed by atoms with Gasteiger partial charge < -0.3 is 9.47 Å². The van der Waals surface area contributed by atoms with Crippen LogP contribution in [0, 0.1) is 5.92 Å². The summed E-state index contributed by atoms with van der Waals surface area (Å²) in [6.45, 7) is 8.39. The molecule has 0 fully saturated rings. The molecular formula is C17H31N3O3. The second kappa shape index (κ2) is 12.2. The van der Waals surface area contributed by atoms with Crippen molar-refractivity contribution < 1.29 is 14.3 Å². The molecule has 0 saturated heterocycles. The Kier molecular flexibility index (Phi) is 10.5. The molecule has 23 heavy (non-hydrogen) atoms.